The molecule has 0 radical (unpaired) electrons. The number of nitrogens with zero attached hydrogens (tertiary/aromatic N) is 2. The maximum Gasteiger partial charge on any atom is 0.294 e. The Bertz CT molecular complexity index is 487. The Kier molecular flexibility index (Phi) is 3.96. The van der Waals surface area contributed by atoms with Gasteiger partial charge in [-0.25, -0.2) is 0 Å². The minimum Gasteiger partial charge on any atom is -0.388 e. The Morgan fingerprint density at radius 2 is 2.11 bits per heavy atom. The summed E-state index contributed by atoms with van der Waals surface area (Å²) in [7, 11) is 1.73. The van der Waals surface area contributed by atoms with E-state index in [0.29, 0.717) is 17.3 Å². The standard InChI is InChI=1S/C13H17ClN2O3/c1-15(9-13(17)7-2-3-8-13)12-10(14)5-4-6-11(12)16(18)19/h4-6,17H,2-3,7-9H2,1H3. The van der Waals surface area contributed by atoms with Crippen molar-refractivity contribution < 1.29 is 10.0 Å². The zero-order chi connectivity index (χ0) is 14.0. The third-order valence-corrected chi connectivity index (χ3v) is 3.91. The van der Waals surface area contributed by atoms with E-state index in [1.54, 1.807) is 24.1 Å². The van der Waals surface area contributed by atoms with Crippen molar-refractivity contribution in [1.82, 2.24) is 0 Å². The Labute approximate surface area is 116 Å². The van der Waals surface area contributed by atoms with Crippen LogP contribution >= 0.6 is 11.6 Å². The van der Waals surface area contributed by atoms with E-state index in [4.69, 9.17) is 11.6 Å². The van der Waals surface area contributed by atoms with Gasteiger partial charge in [-0.05, 0) is 18.9 Å². The van der Waals surface area contributed by atoms with E-state index < -0.39 is 10.5 Å². The summed E-state index contributed by atoms with van der Waals surface area (Å²) in [4.78, 5) is 12.3. The summed E-state index contributed by atoms with van der Waals surface area (Å²) in [6.07, 6.45) is 3.45. The molecule has 0 atom stereocenters. The first-order valence-corrected chi connectivity index (χ1v) is 6.67. The number of likely N-dealkylation sites (N-methyl/N-ethyl adjacent to an activating group) is 1. The summed E-state index contributed by atoms with van der Waals surface area (Å²) in [5.41, 5.74) is -0.423. The highest BCUT2D eigenvalue weighted by molar-refractivity contribution is 6.33. The van der Waals surface area contributed by atoms with Crippen LogP contribution in [0.15, 0.2) is 18.2 Å². The van der Waals surface area contributed by atoms with Crippen LogP contribution in [-0.4, -0.2) is 29.2 Å². The SMILES string of the molecule is CN(CC1(O)CCCC1)c1c(Cl)cccc1[N+](=O)[O-]. The van der Waals surface area contributed by atoms with Gasteiger partial charge in [-0.1, -0.05) is 30.5 Å². The molecular weight excluding hydrogens is 268 g/mol. The third kappa shape index (κ3) is 2.98. The molecule has 1 aromatic carbocycles. The van der Waals surface area contributed by atoms with Gasteiger partial charge in [0.25, 0.3) is 5.69 Å². The van der Waals surface area contributed by atoms with Crippen molar-refractivity contribution in [2.24, 2.45) is 0 Å². The number of aliphatic hydroxyl groups is 1. The molecule has 1 aromatic rings. The molecular formula is C13H17ClN2O3. The molecule has 1 aliphatic carbocycles. The van der Waals surface area contributed by atoms with Crippen molar-refractivity contribution in [1.29, 1.82) is 0 Å². The Morgan fingerprint density at radius 3 is 2.68 bits per heavy atom. The summed E-state index contributed by atoms with van der Waals surface area (Å²) in [6, 6.07) is 4.61. The van der Waals surface area contributed by atoms with Crippen LogP contribution in [0.3, 0.4) is 0 Å². The highest BCUT2D eigenvalue weighted by Crippen LogP contribution is 2.37. The third-order valence-electron chi connectivity index (χ3n) is 3.61. The minimum absolute atomic E-state index is 0.0309. The number of hydrogen-bond donors (Lipinski definition) is 1. The van der Waals surface area contributed by atoms with Gasteiger partial charge in [-0.2, -0.15) is 0 Å². The molecule has 1 saturated carbocycles. The fourth-order valence-electron chi connectivity index (χ4n) is 2.74. The lowest BCUT2D eigenvalue weighted by Crippen LogP contribution is -2.39. The maximum atomic E-state index is 11.1. The second-order valence-corrected chi connectivity index (χ2v) is 5.56. The molecule has 6 heteroatoms. The average molecular weight is 285 g/mol. The van der Waals surface area contributed by atoms with Crippen LogP contribution in [0, 0.1) is 10.1 Å². The first kappa shape index (κ1) is 14.1. The van der Waals surface area contributed by atoms with Crippen LogP contribution < -0.4 is 4.90 Å². The van der Waals surface area contributed by atoms with Crippen molar-refractivity contribution in [3.63, 3.8) is 0 Å². The molecule has 0 aromatic heterocycles. The van der Waals surface area contributed by atoms with Crippen LogP contribution in [0.25, 0.3) is 0 Å². The van der Waals surface area contributed by atoms with Gasteiger partial charge in [0, 0.05) is 19.7 Å². The molecule has 0 unspecified atom stereocenters. The number of nitro benzene ring substituents is 1. The number of para-hydroxylation sites is 1. The fourth-order valence-corrected chi connectivity index (χ4v) is 3.05. The molecule has 0 bridgehead atoms. The molecule has 1 fully saturated rings. The summed E-state index contributed by atoms with van der Waals surface area (Å²) in [6.45, 7) is 0.359. The van der Waals surface area contributed by atoms with Crippen LogP contribution in [0.2, 0.25) is 5.02 Å². The van der Waals surface area contributed by atoms with Crippen molar-refractivity contribution >= 4 is 23.0 Å². The molecule has 19 heavy (non-hydrogen) atoms. The number of nitro groups is 1. The smallest absolute Gasteiger partial charge is 0.294 e. The van der Waals surface area contributed by atoms with Gasteiger partial charge in [0.2, 0.25) is 0 Å². The van der Waals surface area contributed by atoms with E-state index >= 15 is 0 Å². The lowest BCUT2D eigenvalue weighted by Gasteiger charge is -2.30. The summed E-state index contributed by atoms with van der Waals surface area (Å²) in [5.74, 6) is 0. The van der Waals surface area contributed by atoms with Crippen molar-refractivity contribution in [2.45, 2.75) is 31.3 Å². The Morgan fingerprint density at radius 1 is 1.47 bits per heavy atom. The fraction of sp³-hybridized carbons (Fsp3) is 0.538. The van der Waals surface area contributed by atoms with Gasteiger partial charge < -0.3 is 10.0 Å². The van der Waals surface area contributed by atoms with Crippen molar-refractivity contribution in [2.75, 3.05) is 18.5 Å². The van der Waals surface area contributed by atoms with Crippen LogP contribution in [0.5, 0.6) is 0 Å². The molecule has 1 aliphatic rings. The van der Waals surface area contributed by atoms with Gasteiger partial charge in [0.1, 0.15) is 5.69 Å². The molecule has 0 saturated heterocycles. The van der Waals surface area contributed by atoms with Crippen LogP contribution in [-0.2, 0) is 0 Å². The van der Waals surface area contributed by atoms with Crippen LogP contribution in [0.4, 0.5) is 11.4 Å². The molecule has 0 aliphatic heterocycles. The zero-order valence-corrected chi connectivity index (χ0v) is 11.6. The van der Waals surface area contributed by atoms with Gasteiger partial charge in [-0.3, -0.25) is 10.1 Å². The van der Waals surface area contributed by atoms with Crippen molar-refractivity contribution in [3.8, 4) is 0 Å². The summed E-state index contributed by atoms with van der Waals surface area (Å²) < 4.78 is 0. The van der Waals surface area contributed by atoms with Crippen LogP contribution in [0.1, 0.15) is 25.7 Å². The number of hydrogen-bond acceptors (Lipinski definition) is 4. The van der Waals surface area contributed by atoms with E-state index in [0.717, 1.165) is 25.7 Å². The predicted octanol–water partition coefficient (Wildman–Crippen LogP) is 2.99. The average Bonchev–Trinajstić information content (AvgIpc) is 2.74. The predicted molar refractivity (Wildman–Crippen MR) is 74.8 cm³/mol. The number of rotatable bonds is 4. The number of halogens is 1. The molecule has 104 valence electrons. The quantitative estimate of drug-likeness (QED) is 0.682. The molecule has 2 rings (SSSR count). The van der Waals surface area contributed by atoms with E-state index in [2.05, 4.69) is 0 Å². The minimum atomic E-state index is -0.762. The lowest BCUT2D eigenvalue weighted by molar-refractivity contribution is -0.384. The highest BCUT2D eigenvalue weighted by Gasteiger charge is 2.34. The largest absolute Gasteiger partial charge is 0.388 e. The first-order chi connectivity index (χ1) is 8.93. The second-order valence-electron chi connectivity index (χ2n) is 5.15. The number of benzene rings is 1. The van der Waals surface area contributed by atoms with Gasteiger partial charge in [0.15, 0.2) is 0 Å². The summed E-state index contributed by atoms with van der Waals surface area (Å²) >= 11 is 6.07. The monoisotopic (exact) mass is 284 g/mol. The topological polar surface area (TPSA) is 66.6 Å². The van der Waals surface area contributed by atoms with E-state index in [9.17, 15) is 15.2 Å². The molecule has 0 amide bonds. The van der Waals surface area contributed by atoms with E-state index in [1.807, 2.05) is 0 Å². The second kappa shape index (κ2) is 5.35. The van der Waals surface area contributed by atoms with E-state index in [-0.39, 0.29) is 5.69 Å². The zero-order valence-electron chi connectivity index (χ0n) is 10.8. The number of anilines is 1. The lowest BCUT2D eigenvalue weighted by atomic mass is 10.0. The Hall–Kier alpha value is -1.33. The molecule has 5 nitrogen and oxygen atoms in total. The molecule has 0 spiro atoms. The highest BCUT2D eigenvalue weighted by atomic mass is 35.5. The Balaban J connectivity index is 2.28. The molecule has 0 heterocycles. The first-order valence-electron chi connectivity index (χ1n) is 6.29. The van der Waals surface area contributed by atoms with E-state index in [1.165, 1.54) is 6.07 Å². The summed E-state index contributed by atoms with van der Waals surface area (Å²) in [5, 5.41) is 21.8. The maximum absolute atomic E-state index is 11.1. The van der Waals surface area contributed by atoms with Crippen molar-refractivity contribution in [3.05, 3.63) is 33.3 Å². The van der Waals surface area contributed by atoms with Gasteiger partial charge >= 0.3 is 0 Å². The molecule has 1 N–H and O–H groups in total. The van der Waals surface area contributed by atoms with Gasteiger partial charge in [-0.15, -0.1) is 0 Å². The van der Waals surface area contributed by atoms with Gasteiger partial charge in [0.05, 0.1) is 15.5 Å². The normalized spacial score (nSPS) is 17.4.